The number of hydrogen-bond acceptors (Lipinski definition) is 6. The second-order valence-corrected chi connectivity index (χ2v) is 5.76. The molecule has 1 amide bonds. The van der Waals surface area contributed by atoms with E-state index in [9.17, 15) is 9.59 Å². The van der Waals surface area contributed by atoms with Gasteiger partial charge in [-0.25, -0.2) is 0 Å². The summed E-state index contributed by atoms with van der Waals surface area (Å²) < 4.78 is 16.3. The molecule has 0 aliphatic carbocycles. The summed E-state index contributed by atoms with van der Waals surface area (Å²) in [6, 6.07) is 8.76. The first-order valence-electron chi connectivity index (χ1n) is 8.34. The molecular formula is C19H20N2O5. The number of anilines is 1. The molecule has 1 N–H and O–H groups in total. The number of hydrogen-bond donors (Lipinski definition) is 1. The van der Waals surface area contributed by atoms with Crippen molar-refractivity contribution in [2.45, 2.75) is 25.4 Å². The third kappa shape index (κ3) is 3.61. The van der Waals surface area contributed by atoms with E-state index in [-0.39, 0.29) is 24.9 Å². The van der Waals surface area contributed by atoms with Crippen LogP contribution in [-0.4, -0.2) is 36.7 Å². The topological polar surface area (TPSA) is 86.8 Å². The Morgan fingerprint density at radius 3 is 2.69 bits per heavy atom. The van der Waals surface area contributed by atoms with Gasteiger partial charge in [0.05, 0.1) is 20.1 Å². The van der Waals surface area contributed by atoms with Crippen LogP contribution in [0.3, 0.4) is 0 Å². The maximum Gasteiger partial charge on any atom is 0.306 e. The number of benzene rings is 1. The highest BCUT2D eigenvalue weighted by Crippen LogP contribution is 2.46. The van der Waals surface area contributed by atoms with Gasteiger partial charge in [-0.1, -0.05) is 12.1 Å². The Morgan fingerprint density at radius 2 is 2.00 bits per heavy atom. The second-order valence-electron chi connectivity index (χ2n) is 5.76. The summed E-state index contributed by atoms with van der Waals surface area (Å²) in [5, 5.41) is 2.79. The predicted molar refractivity (Wildman–Crippen MR) is 94.3 cm³/mol. The van der Waals surface area contributed by atoms with Crippen LogP contribution in [0.5, 0.6) is 11.5 Å². The fourth-order valence-corrected chi connectivity index (χ4v) is 2.99. The highest BCUT2D eigenvalue weighted by molar-refractivity contribution is 5.96. The number of nitrogens with zero attached hydrogens (tertiary/aromatic N) is 1. The minimum atomic E-state index is -0.862. The van der Waals surface area contributed by atoms with Crippen molar-refractivity contribution in [2.75, 3.05) is 19.0 Å². The SMILES string of the molecule is CCOC(=O)CC1c2cccc(OC)c2OC1C(=O)Nc1ccncc1. The Balaban J connectivity index is 1.87. The molecule has 7 nitrogen and oxygen atoms in total. The lowest BCUT2D eigenvalue weighted by Crippen LogP contribution is -2.35. The number of para-hydroxylation sites is 1. The zero-order valence-electron chi connectivity index (χ0n) is 14.6. The largest absolute Gasteiger partial charge is 0.493 e. The van der Waals surface area contributed by atoms with Gasteiger partial charge in [0.1, 0.15) is 0 Å². The number of amides is 1. The first-order chi connectivity index (χ1) is 12.6. The van der Waals surface area contributed by atoms with E-state index >= 15 is 0 Å². The molecule has 2 aromatic rings. The summed E-state index contributed by atoms with van der Waals surface area (Å²) in [6.07, 6.45) is 2.35. The Hall–Kier alpha value is -3.09. The van der Waals surface area contributed by atoms with Gasteiger partial charge in [0.25, 0.3) is 5.91 Å². The van der Waals surface area contributed by atoms with Gasteiger partial charge in [-0.2, -0.15) is 0 Å². The van der Waals surface area contributed by atoms with Gasteiger partial charge in [-0.05, 0) is 25.1 Å². The van der Waals surface area contributed by atoms with Crippen molar-refractivity contribution in [3.8, 4) is 11.5 Å². The minimum absolute atomic E-state index is 0.0441. The van der Waals surface area contributed by atoms with E-state index in [0.29, 0.717) is 17.2 Å². The maximum atomic E-state index is 12.8. The number of pyridine rings is 1. The Morgan fingerprint density at radius 1 is 1.23 bits per heavy atom. The number of methoxy groups -OCH3 is 1. The standard InChI is InChI=1S/C19H20N2O5/c1-3-25-16(22)11-14-13-5-4-6-15(24-2)17(13)26-18(14)19(23)21-12-7-9-20-10-8-12/h4-10,14,18H,3,11H2,1-2H3,(H,20,21,23). The zero-order chi connectivity index (χ0) is 18.5. The lowest BCUT2D eigenvalue weighted by molar-refractivity contribution is -0.144. The second kappa shape index (κ2) is 7.86. The lowest BCUT2D eigenvalue weighted by Gasteiger charge is -2.18. The summed E-state index contributed by atoms with van der Waals surface area (Å²) in [5.74, 6) is -0.169. The molecule has 0 spiro atoms. The Bertz CT molecular complexity index is 794. The maximum absolute atomic E-state index is 12.8. The smallest absolute Gasteiger partial charge is 0.306 e. The number of nitrogens with one attached hydrogen (secondary N) is 1. The molecule has 0 saturated carbocycles. The quantitative estimate of drug-likeness (QED) is 0.801. The Labute approximate surface area is 151 Å². The van der Waals surface area contributed by atoms with Gasteiger partial charge in [0.15, 0.2) is 17.6 Å². The third-order valence-electron chi connectivity index (χ3n) is 4.14. The number of fused-ring (bicyclic) bond motifs is 1. The van der Waals surface area contributed by atoms with Crippen molar-refractivity contribution in [3.63, 3.8) is 0 Å². The number of rotatable bonds is 6. The number of carbonyl (C=O) groups is 2. The van der Waals surface area contributed by atoms with Crippen LogP contribution in [0, 0.1) is 0 Å². The predicted octanol–water partition coefficient (Wildman–Crippen LogP) is 2.53. The van der Waals surface area contributed by atoms with E-state index in [2.05, 4.69) is 10.3 Å². The lowest BCUT2D eigenvalue weighted by atomic mass is 9.91. The average Bonchev–Trinajstić information content (AvgIpc) is 3.01. The van der Waals surface area contributed by atoms with Gasteiger partial charge in [-0.15, -0.1) is 0 Å². The van der Waals surface area contributed by atoms with Crippen LogP contribution in [0.1, 0.15) is 24.8 Å². The molecular weight excluding hydrogens is 336 g/mol. The van der Waals surface area contributed by atoms with E-state index < -0.39 is 12.0 Å². The number of aromatic nitrogens is 1. The number of esters is 1. The van der Waals surface area contributed by atoms with Crippen LogP contribution < -0.4 is 14.8 Å². The molecule has 0 saturated heterocycles. The van der Waals surface area contributed by atoms with E-state index in [1.54, 1.807) is 37.5 Å². The van der Waals surface area contributed by atoms with Gasteiger partial charge < -0.3 is 19.5 Å². The molecule has 2 atom stereocenters. The molecule has 1 aromatic heterocycles. The first kappa shape index (κ1) is 17.7. The summed E-state index contributed by atoms with van der Waals surface area (Å²) in [5.41, 5.74) is 1.36. The summed E-state index contributed by atoms with van der Waals surface area (Å²) in [4.78, 5) is 28.7. The molecule has 0 bridgehead atoms. The monoisotopic (exact) mass is 356 g/mol. The molecule has 2 heterocycles. The van der Waals surface area contributed by atoms with Crippen LogP contribution in [0.4, 0.5) is 5.69 Å². The zero-order valence-corrected chi connectivity index (χ0v) is 14.6. The average molecular weight is 356 g/mol. The highest BCUT2D eigenvalue weighted by Gasteiger charge is 2.42. The minimum Gasteiger partial charge on any atom is -0.493 e. The normalized spacial score (nSPS) is 17.8. The summed E-state index contributed by atoms with van der Waals surface area (Å²) in [6.45, 7) is 2.03. The van der Waals surface area contributed by atoms with E-state index in [1.165, 1.54) is 7.11 Å². The molecule has 7 heteroatoms. The van der Waals surface area contributed by atoms with Gasteiger partial charge >= 0.3 is 5.97 Å². The third-order valence-corrected chi connectivity index (χ3v) is 4.14. The van der Waals surface area contributed by atoms with Crippen molar-refractivity contribution in [1.82, 2.24) is 4.98 Å². The van der Waals surface area contributed by atoms with Crippen LogP contribution >= 0.6 is 0 Å². The van der Waals surface area contributed by atoms with Crippen LogP contribution in [-0.2, 0) is 14.3 Å². The van der Waals surface area contributed by atoms with Gasteiger partial charge in [-0.3, -0.25) is 14.6 Å². The van der Waals surface area contributed by atoms with Crippen LogP contribution in [0.2, 0.25) is 0 Å². The fourth-order valence-electron chi connectivity index (χ4n) is 2.99. The van der Waals surface area contributed by atoms with Crippen LogP contribution in [0.15, 0.2) is 42.7 Å². The van der Waals surface area contributed by atoms with Crippen molar-refractivity contribution >= 4 is 17.6 Å². The molecule has 136 valence electrons. The number of ether oxygens (including phenoxy) is 3. The molecule has 2 unspecified atom stereocenters. The molecule has 1 aromatic carbocycles. The van der Waals surface area contributed by atoms with Gasteiger partial charge in [0, 0.05) is 29.6 Å². The Kier molecular flexibility index (Phi) is 5.36. The molecule has 1 aliphatic heterocycles. The van der Waals surface area contributed by atoms with Crippen LogP contribution in [0.25, 0.3) is 0 Å². The van der Waals surface area contributed by atoms with Crippen molar-refractivity contribution in [3.05, 3.63) is 48.3 Å². The van der Waals surface area contributed by atoms with E-state index in [4.69, 9.17) is 14.2 Å². The molecule has 0 fully saturated rings. The molecule has 0 radical (unpaired) electrons. The van der Waals surface area contributed by atoms with Gasteiger partial charge in [0.2, 0.25) is 0 Å². The van der Waals surface area contributed by atoms with E-state index in [0.717, 1.165) is 5.56 Å². The van der Waals surface area contributed by atoms with Crippen molar-refractivity contribution < 1.29 is 23.8 Å². The van der Waals surface area contributed by atoms with E-state index in [1.807, 2.05) is 12.1 Å². The fraction of sp³-hybridized carbons (Fsp3) is 0.316. The summed E-state index contributed by atoms with van der Waals surface area (Å²) in [7, 11) is 1.53. The molecule has 1 aliphatic rings. The van der Waals surface area contributed by atoms with Crippen molar-refractivity contribution in [2.24, 2.45) is 0 Å². The summed E-state index contributed by atoms with van der Waals surface area (Å²) >= 11 is 0. The van der Waals surface area contributed by atoms with Crippen molar-refractivity contribution in [1.29, 1.82) is 0 Å². The molecule has 26 heavy (non-hydrogen) atoms. The highest BCUT2D eigenvalue weighted by atomic mass is 16.5. The number of carbonyl (C=O) groups excluding carboxylic acids is 2. The molecule has 3 rings (SSSR count). The first-order valence-corrected chi connectivity index (χ1v) is 8.34.